The molecular formula is C11H20ClNO2. The van der Waals surface area contributed by atoms with Crippen LogP contribution in [0.2, 0.25) is 0 Å². The summed E-state index contributed by atoms with van der Waals surface area (Å²) in [7, 11) is 0. The minimum absolute atomic E-state index is 0.0318. The average molecular weight is 234 g/mol. The molecule has 1 aliphatic rings. The maximum atomic E-state index is 11.8. The fraction of sp³-hybridized carbons (Fsp3) is 0.909. The van der Waals surface area contributed by atoms with Crippen LogP contribution >= 0.6 is 11.6 Å². The van der Waals surface area contributed by atoms with Crippen molar-refractivity contribution in [3.8, 4) is 0 Å². The molecule has 0 aromatic heterocycles. The monoisotopic (exact) mass is 233 g/mol. The van der Waals surface area contributed by atoms with Gasteiger partial charge in [-0.05, 0) is 26.2 Å². The van der Waals surface area contributed by atoms with Crippen LogP contribution in [0.25, 0.3) is 0 Å². The third-order valence-electron chi connectivity index (χ3n) is 2.87. The van der Waals surface area contributed by atoms with Gasteiger partial charge in [0.15, 0.2) is 0 Å². The smallest absolute Gasteiger partial charge is 0.225 e. The summed E-state index contributed by atoms with van der Waals surface area (Å²) in [6, 6.07) is 0.214. The highest BCUT2D eigenvalue weighted by Gasteiger charge is 2.28. The van der Waals surface area contributed by atoms with Crippen LogP contribution in [0.4, 0.5) is 0 Å². The minimum atomic E-state index is 0.0318. The molecular weight excluding hydrogens is 214 g/mol. The van der Waals surface area contributed by atoms with Crippen LogP contribution in [0.15, 0.2) is 0 Å². The van der Waals surface area contributed by atoms with E-state index < -0.39 is 0 Å². The van der Waals surface area contributed by atoms with Gasteiger partial charge in [-0.3, -0.25) is 4.79 Å². The molecule has 0 bridgehead atoms. The zero-order valence-electron chi connectivity index (χ0n) is 9.46. The third kappa shape index (κ3) is 3.99. The van der Waals surface area contributed by atoms with Crippen molar-refractivity contribution >= 4 is 17.5 Å². The molecule has 4 heteroatoms. The lowest BCUT2D eigenvalue weighted by Gasteiger charge is -2.17. The summed E-state index contributed by atoms with van der Waals surface area (Å²) in [5.74, 6) is 0.747. The van der Waals surface area contributed by atoms with Crippen LogP contribution in [0, 0.1) is 5.92 Å². The number of alkyl halides is 1. The molecule has 3 nitrogen and oxygen atoms in total. The van der Waals surface area contributed by atoms with Crippen LogP contribution in [0.5, 0.6) is 0 Å². The Bertz CT molecular complexity index is 211. The number of rotatable bonds is 5. The van der Waals surface area contributed by atoms with E-state index in [2.05, 4.69) is 12.2 Å². The Morgan fingerprint density at radius 2 is 2.40 bits per heavy atom. The fourth-order valence-corrected chi connectivity index (χ4v) is 2.09. The molecule has 1 rings (SSSR count). The molecule has 1 heterocycles. The van der Waals surface area contributed by atoms with Gasteiger partial charge in [-0.15, -0.1) is 11.6 Å². The van der Waals surface area contributed by atoms with E-state index in [-0.39, 0.29) is 24.0 Å². The fourth-order valence-electron chi connectivity index (χ4n) is 1.83. The highest BCUT2D eigenvalue weighted by Crippen LogP contribution is 2.19. The SMILES string of the molecule is CCC(CCCl)NC(=O)C1COC(C)C1. The Labute approximate surface area is 96.5 Å². The van der Waals surface area contributed by atoms with Gasteiger partial charge in [0, 0.05) is 11.9 Å². The highest BCUT2D eigenvalue weighted by atomic mass is 35.5. The second-order valence-electron chi connectivity index (χ2n) is 4.17. The Kier molecular flexibility index (Phi) is 5.40. The second-order valence-corrected chi connectivity index (χ2v) is 4.55. The Morgan fingerprint density at radius 3 is 2.87 bits per heavy atom. The highest BCUT2D eigenvalue weighted by molar-refractivity contribution is 6.17. The van der Waals surface area contributed by atoms with Crippen LogP contribution in [-0.2, 0) is 9.53 Å². The number of carbonyl (C=O) groups is 1. The van der Waals surface area contributed by atoms with Crippen molar-refractivity contribution in [3.05, 3.63) is 0 Å². The van der Waals surface area contributed by atoms with Gasteiger partial charge in [0.05, 0.1) is 18.6 Å². The van der Waals surface area contributed by atoms with Gasteiger partial charge in [0.1, 0.15) is 0 Å². The van der Waals surface area contributed by atoms with E-state index in [1.165, 1.54) is 0 Å². The third-order valence-corrected chi connectivity index (χ3v) is 3.08. The number of nitrogens with one attached hydrogen (secondary N) is 1. The first kappa shape index (κ1) is 12.8. The summed E-state index contributed by atoms with van der Waals surface area (Å²) in [5.41, 5.74) is 0. The molecule has 0 aromatic rings. The summed E-state index contributed by atoms with van der Waals surface area (Å²) in [6.07, 6.45) is 2.83. The lowest BCUT2D eigenvalue weighted by molar-refractivity contribution is -0.125. The molecule has 0 saturated carbocycles. The summed E-state index contributed by atoms with van der Waals surface area (Å²) < 4.78 is 5.37. The molecule has 1 amide bonds. The van der Waals surface area contributed by atoms with E-state index in [1.54, 1.807) is 0 Å². The minimum Gasteiger partial charge on any atom is -0.378 e. The van der Waals surface area contributed by atoms with Gasteiger partial charge in [0.25, 0.3) is 0 Å². The van der Waals surface area contributed by atoms with Crippen molar-refractivity contribution < 1.29 is 9.53 Å². The van der Waals surface area contributed by atoms with Gasteiger partial charge in [-0.2, -0.15) is 0 Å². The van der Waals surface area contributed by atoms with Crippen LogP contribution < -0.4 is 5.32 Å². The summed E-state index contributed by atoms with van der Waals surface area (Å²) in [5, 5.41) is 3.03. The Morgan fingerprint density at radius 1 is 1.67 bits per heavy atom. The molecule has 3 unspecified atom stereocenters. The van der Waals surface area contributed by atoms with Gasteiger partial charge >= 0.3 is 0 Å². The quantitative estimate of drug-likeness (QED) is 0.737. The number of ether oxygens (including phenoxy) is 1. The van der Waals surface area contributed by atoms with Crippen molar-refractivity contribution in [1.82, 2.24) is 5.32 Å². The van der Waals surface area contributed by atoms with Gasteiger partial charge in [-0.25, -0.2) is 0 Å². The van der Waals surface area contributed by atoms with Crippen molar-refractivity contribution in [1.29, 1.82) is 0 Å². The number of halogens is 1. The molecule has 1 N–H and O–H groups in total. The zero-order chi connectivity index (χ0) is 11.3. The number of carbonyl (C=O) groups excluding carboxylic acids is 1. The average Bonchev–Trinajstić information content (AvgIpc) is 2.64. The summed E-state index contributed by atoms with van der Waals surface area (Å²) in [6.45, 7) is 4.62. The summed E-state index contributed by atoms with van der Waals surface area (Å²) in [4.78, 5) is 11.8. The molecule has 1 saturated heterocycles. The lowest BCUT2D eigenvalue weighted by atomic mass is 10.0. The number of amides is 1. The van der Waals surface area contributed by atoms with Crippen LogP contribution in [-0.4, -0.2) is 30.5 Å². The molecule has 88 valence electrons. The largest absolute Gasteiger partial charge is 0.378 e. The molecule has 0 spiro atoms. The van der Waals surface area contributed by atoms with Gasteiger partial charge < -0.3 is 10.1 Å². The van der Waals surface area contributed by atoms with E-state index in [0.29, 0.717) is 12.5 Å². The summed E-state index contributed by atoms with van der Waals surface area (Å²) >= 11 is 5.67. The predicted molar refractivity (Wildman–Crippen MR) is 61.1 cm³/mol. The topological polar surface area (TPSA) is 38.3 Å². The van der Waals surface area contributed by atoms with Crippen molar-refractivity contribution in [2.75, 3.05) is 12.5 Å². The predicted octanol–water partition coefficient (Wildman–Crippen LogP) is 1.94. The molecule has 1 aliphatic heterocycles. The molecule has 0 radical (unpaired) electrons. The molecule has 0 aliphatic carbocycles. The van der Waals surface area contributed by atoms with Gasteiger partial charge in [-0.1, -0.05) is 6.92 Å². The second kappa shape index (κ2) is 6.33. The first-order chi connectivity index (χ1) is 7.17. The van der Waals surface area contributed by atoms with E-state index >= 15 is 0 Å². The van der Waals surface area contributed by atoms with Crippen LogP contribution in [0.3, 0.4) is 0 Å². The van der Waals surface area contributed by atoms with Gasteiger partial charge in [0.2, 0.25) is 5.91 Å². The van der Waals surface area contributed by atoms with E-state index in [9.17, 15) is 4.79 Å². The number of hydrogen-bond donors (Lipinski definition) is 1. The molecule has 3 atom stereocenters. The Balaban J connectivity index is 2.33. The van der Waals surface area contributed by atoms with E-state index in [1.807, 2.05) is 6.92 Å². The zero-order valence-corrected chi connectivity index (χ0v) is 10.2. The van der Waals surface area contributed by atoms with Crippen molar-refractivity contribution in [2.45, 2.75) is 45.3 Å². The van der Waals surface area contributed by atoms with E-state index in [4.69, 9.17) is 16.3 Å². The number of hydrogen-bond acceptors (Lipinski definition) is 2. The standard InChI is InChI=1S/C11H20ClNO2/c1-3-10(4-5-12)13-11(14)9-6-8(2)15-7-9/h8-10H,3-7H2,1-2H3,(H,13,14). The molecule has 15 heavy (non-hydrogen) atoms. The lowest BCUT2D eigenvalue weighted by Crippen LogP contribution is -2.39. The van der Waals surface area contributed by atoms with E-state index in [0.717, 1.165) is 19.3 Å². The molecule has 0 aromatic carbocycles. The van der Waals surface area contributed by atoms with Crippen molar-refractivity contribution in [2.24, 2.45) is 5.92 Å². The van der Waals surface area contributed by atoms with Crippen molar-refractivity contribution in [3.63, 3.8) is 0 Å². The normalized spacial score (nSPS) is 27.7. The Hall–Kier alpha value is -0.280. The first-order valence-corrected chi connectivity index (χ1v) is 6.18. The first-order valence-electron chi connectivity index (χ1n) is 5.65. The maximum Gasteiger partial charge on any atom is 0.225 e. The van der Waals surface area contributed by atoms with Crippen LogP contribution in [0.1, 0.15) is 33.1 Å². The molecule has 1 fully saturated rings. The maximum absolute atomic E-state index is 11.8.